The Labute approximate surface area is 163 Å². The zero-order valence-electron chi connectivity index (χ0n) is 17.9. The Balaban J connectivity index is 2.25. The van der Waals surface area contributed by atoms with Crippen LogP contribution in [-0.4, -0.2) is 34.7 Å². The zero-order chi connectivity index (χ0) is 20.5. The van der Waals surface area contributed by atoms with Crippen molar-refractivity contribution in [3.05, 3.63) is 11.6 Å². The van der Waals surface area contributed by atoms with Gasteiger partial charge in [-0.25, -0.2) is 4.79 Å². The lowest BCUT2D eigenvalue weighted by atomic mass is 9.71. The first-order chi connectivity index (χ1) is 12.4. The van der Waals surface area contributed by atoms with E-state index in [2.05, 4.69) is 5.32 Å². The van der Waals surface area contributed by atoms with E-state index in [9.17, 15) is 14.7 Å². The summed E-state index contributed by atoms with van der Waals surface area (Å²) in [7, 11) is 0. The molecule has 0 radical (unpaired) electrons. The highest BCUT2D eigenvalue weighted by Crippen LogP contribution is 2.46. The predicted molar refractivity (Wildman–Crippen MR) is 106 cm³/mol. The number of nitrogens with one attached hydrogen (secondary N) is 1. The van der Waals surface area contributed by atoms with Crippen LogP contribution in [0.3, 0.4) is 0 Å². The molecule has 0 spiro atoms. The molecule has 2 unspecified atom stereocenters. The number of cyclic esters (lactones) is 1. The molecule has 1 amide bonds. The third-order valence-corrected chi connectivity index (χ3v) is 5.93. The highest BCUT2D eigenvalue weighted by atomic mass is 16.6. The molecular weight excluding hydrogens is 342 g/mol. The number of hydrogen-bond donors (Lipinski definition) is 2. The average Bonchev–Trinajstić information content (AvgIpc) is 2.87. The average molecular weight is 380 g/mol. The van der Waals surface area contributed by atoms with Gasteiger partial charge in [0.2, 0.25) is 0 Å². The smallest absolute Gasteiger partial charge is 0.335 e. The van der Waals surface area contributed by atoms with E-state index >= 15 is 0 Å². The molecule has 154 valence electrons. The Morgan fingerprint density at radius 3 is 2.07 bits per heavy atom. The van der Waals surface area contributed by atoms with E-state index in [0.717, 1.165) is 25.7 Å². The summed E-state index contributed by atoms with van der Waals surface area (Å²) >= 11 is 0. The van der Waals surface area contributed by atoms with Crippen molar-refractivity contribution in [2.24, 2.45) is 10.8 Å². The first kappa shape index (κ1) is 21.9. The maximum absolute atomic E-state index is 12.9. The van der Waals surface area contributed by atoms with Crippen molar-refractivity contribution in [3.63, 3.8) is 0 Å². The molecule has 1 saturated carbocycles. The number of carbonyl (C=O) groups excluding carboxylic acids is 2. The van der Waals surface area contributed by atoms with E-state index in [0.29, 0.717) is 5.57 Å². The fraction of sp³-hybridized carbons (Fsp3) is 0.818. The number of aliphatic hydroxyl groups excluding tert-OH is 1. The number of esters is 1. The first-order valence-electron chi connectivity index (χ1n) is 10.3. The van der Waals surface area contributed by atoms with Gasteiger partial charge in [0.1, 0.15) is 0 Å². The molecule has 27 heavy (non-hydrogen) atoms. The minimum atomic E-state index is -1.44. The number of ether oxygens (including phenoxy) is 1. The van der Waals surface area contributed by atoms with Gasteiger partial charge in [-0.15, -0.1) is 0 Å². The van der Waals surface area contributed by atoms with Crippen LogP contribution in [0.1, 0.15) is 86.5 Å². The standard InChI is InChI=1S/C22H37NO4/c1-20(2,3)16-14-22(21(4,5)6,27-19(16)26)17(24)18(25)23-15-12-10-8-7-9-11-13-15/h14-15,17,24H,7-13H2,1-6H3,(H,23,25). The molecule has 5 heteroatoms. The molecule has 0 aromatic carbocycles. The normalized spacial score (nSPS) is 26.6. The van der Waals surface area contributed by atoms with E-state index in [-0.39, 0.29) is 6.04 Å². The van der Waals surface area contributed by atoms with Gasteiger partial charge in [-0.3, -0.25) is 4.79 Å². The summed E-state index contributed by atoms with van der Waals surface area (Å²) in [4.78, 5) is 25.5. The maximum Gasteiger partial charge on any atom is 0.335 e. The Kier molecular flexibility index (Phi) is 6.45. The van der Waals surface area contributed by atoms with Crippen molar-refractivity contribution in [2.75, 3.05) is 0 Å². The second-order valence-corrected chi connectivity index (χ2v) is 10.2. The Hall–Kier alpha value is -1.36. The summed E-state index contributed by atoms with van der Waals surface area (Å²) in [6.45, 7) is 11.4. The number of hydrogen-bond acceptors (Lipinski definition) is 4. The molecule has 2 aliphatic rings. The molecule has 0 aromatic rings. The fourth-order valence-electron chi connectivity index (χ4n) is 4.02. The minimum absolute atomic E-state index is 0.0765. The number of amides is 1. The summed E-state index contributed by atoms with van der Waals surface area (Å²) in [6.07, 6.45) is 7.94. The van der Waals surface area contributed by atoms with E-state index in [1.54, 1.807) is 6.08 Å². The fourth-order valence-corrected chi connectivity index (χ4v) is 4.02. The summed E-state index contributed by atoms with van der Waals surface area (Å²) in [5.74, 6) is -0.898. The van der Waals surface area contributed by atoms with Crippen molar-refractivity contribution in [1.82, 2.24) is 5.32 Å². The molecule has 2 N–H and O–H groups in total. The topological polar surface area (TPSA) is 75.6 Å². The monoisotopic (exact) mass is 379 g/mol. The van der Waals surface area contributed by atoms with E-state index in [1.807, 2.05) is 41.5 Å². The van der Waals surface area contributed by atoms with E-state index < -0.39 is 34.4 Å². The van der Waals surface area contributed by atoms with Crippen molar-refractivity contribution in [2.45, 2.75) is 104 Å². The van der Waals surface area contributed by atoms with Crippen LogP contribution in [0.5, 0.6) is 0 Å². The van der Waals surface area contributed by atoms with Gasteiger partial charge in [0.15, 0.2) is 11.7 Å². The van der Waals surface area contributed by atoms with Crippen LogP contribution >= 0.6 is 0 Å². The molecule has 0 bridgehead atoms. The SMILES string of the molecule is CC(C)(C)C1=CC(C(O)C(=O)NC2CCCCCCC2)(C(C)(C)C)OC1=O. The van der Waals surface area contributed by atoms with Crippen molar-refractivity contribution >= 4 is 11.9 Å². The Morgan fingerprint density at radius 2 is 1.63 bits per heavy atom. The van der Waals surface area contributed by atoms with Crippen LogP contribution in [0.4, 0.5) is 0 Å². The van der Waals surface area contributed by atoms with Crippen LogP contribution in [0.2, 0.25) is 0 Å². The van der Waals surface area contributed by atoms with Gasteiger partial charge < -0.3 is 15.2 Å². The summed E-state index contributed by atoms with van der Waals surface area (Å²) < 4.78 is 5.73. The third kappa shape index (κ3) is 4.74. The highest BCUT2D eigenvalue weighted by molar-refractivity contribution is 5.95. The predicted octanol–water partition coefficient (Wildman–Crippen LogP) is 3.89. The number of aliphatic hydroxyl groups is 1. The largest absolute Gasteiger partial charge is 0.447 e. The van der Waals surface area contributed by atoms with Crippen molar-refractivity contribution in [3.8, 4) is 0 Å². The molecule has 1 fully saturated rings. The van der Waals surface area contributed by atoms with Gasteiger partial charge in [-0.05, 0) is 24.3 Å². The minimum Gasteiger partial charge on any atom is -0.447 e. The molecule has 1 heterocycles. The highest BCUT2D eigenvalue weighted by Gasteiger charge is 2.57. The molecule has 1 aliphatic heterocycles. The van der Waals surface area contributed by atoms with E-state index in [4.69, 9.17) is 4.74 Å². The van der Waals surface area contributed by atoms with Crippen molar-refractivity contribution in [1.29, 1.82) is 0 Å². The first-order valence-corrected chi connectivity index (χ1v) is 10.3. The molecule has 0 aromatic heterocycles. The lowest BCUT2D eigenvalue weighted by Gasteiger charge is -2.41. The molecule has 0 saturated heterocycles. The molecule has 2 atom stereocenters. The van der Waals surface area contributed by atoms with Gasteiger partial charge in [0.05, 0.1) is 0 Å². The maximum atomic E-state index is 12.9. The van der Waals surface area contributed by atoms with Gasteiger partial charge in [-0.2, -0.15) is 0 Å². The van der Waals surface area contributed by atoms with Gasteiger partial charge in [0.25, 0.3) is 5.91 Å². The van der Waals surface area contributed by atoms with Gasteiger partial charge in [-0.1, -0.05) is 73.6 Å². The zero-order valence-corrected chi connectivity index (χ0v) is 17.9. The lowest BCUT2D eigenvalue weighted by Crippen LogP contribution is -2.59. The van der Waals surface area contributed by atoms with E-state index in [1.165, 1.54) is 19.3 Å². The second-order valence-electron chi connectivity index (χ2n) is 10.2. The Bertz CT molecular complexity index is 588. The van der Waals surface area contributed by atoms with Crippen LogP contribution in [0.15, 0.2) is 11.6 Å². The van der Waals surface area contributed by atoms with Crippen LogP contribution in [0, 0.1) is 10.8 Å². The number of carbonyl (C=O) groups is 2. The van der Waals surface area contributed by atoms with Gasteiger partial charge in [0, 0.05) is 17.0 Å². The Morgan fingerprint density at radius 1 is 1.11 bits per heavy atom. The van der Waals surface area contributed by atoms with Crippen molar-refractivity contribution < 1.29 is 19.4 Å². The molecular formula is C22H37NO4. The summed E-state index contributed by atoms with van der Waals surface area (Å²) in [6, 6.07) is 0.0765. The van der Waals surface area contributed by atoms with Crippen LogP contribution < -0.4 is 5.32 Å². The molecule has 5 nitrogen and oxygen atoms in total. The van der Waals surface area contributed by atoms with Gasteiger partial charge >= 0.3 is 5.97 Å². The molecule has 2 rings (SSSR count). The summed E-state index contributed by atoms with van der Waals surface area (Å²) in [5, 5.41) is 14.0. The second kappa shape index (κ2) is 7.94. The van der Waals surface area contributed by atoms with Crippen LogP contribution in [-0.2, 0) is 14.3 Å². The van der Waals surface area contributed by atoms with Crippen LogP contribution in [0.25, 0.3) is 0 Å². The molecule has 1 aliphatic carbocycles. The third-order valence-electron chi connectivity index (χ3n) is 5.93. The number of rotatable bonds is 3. The quantitative estimate of drug-likeness (QED) is 0.730. The lowest BCUT2D eigenvalue weighted by molar-refractivity contribution is -0.176. The summed E-state index contributed by atoms with van der Waals surface area (Å²) in [5.41, 5.74) is -1.90.